The van der Waals surface area contributed by atoms with Crippen molar-refractivity contribution in [1.82, 2.24) is 5.32 Å². The molecule has 4 nitrogen and oxygen atoms in total. The van der Waals surface area contributed by atoms with Crippen LogP contribution in [-0.2, 0) is 11.3 Å². The van der Waals surface area contributed by atoms with Crippen molar-refractivity contribution in [1.29, 1.82) is 0 Å². The fraction of sp³-hybridized carbons (Fsp3) is 0.296. The van der Waals surface area contributed by atoms with E-state index in [4.69, 9.17) is 0 Å². The van der Waals surface area contributed by atoms with Crippen molar-refractivity contribution in [3.05, 3.63) is 83.4 Å². The van der Waals surface area contributed by atoms with Crippen LogP contribution in [0.3, 0.4) is 0 Å². The summed E-state index contributed by atoms with van der Waals surface area (Å²) in [6.45, 7) is 6.76. The van der Waals surface area contributed by atoms with Crippen molar-refractivity contribution in [3.8, 4) is 11.1 Å². The van der Waals surface area contributed by atoms with Gasteiger partial charge in [-0.05, 0) is 73.8 Å². The zero-order valence-corrected chi connectivity index (χ0v) is 18.8. The molecule has 160 valence electrons. The maximum atomic E-state index is 12.4. The summed E-state index contributed by atoms with van der Waals surface area (Å²) in [4.78, 5) is 14.4. The highest BCUT2D eigenvalue weighted by Gasteiger charge is 2.32. The summed E-state index contributed by atoms with van der Waals surface area (Å²) in [5.41, 5.74) is 8.15. The molecule has 0 unspecified atom stereocenters. The minimum Gasteiger partial charge on any atom is -0.378 e. The number of rotatable bonds is 5. The third-order valence-electron chi connectivity index (χ3n) is 6.05. The number of hydrogen-bond donors (Lipinski definition) is 2. The first-order chi connectivity index (χ1) is 15.0. The molecule has 0 radical (unpaired) electrons. The van der Waals surface area contributed by atoms with Gasteiger partial charge in [0, 0.05) is 30.9 Å². The van der Waals surface area contributed by atoms with E-state index in [9.17, 15) is 4.79 Å². The predicted octanol–water partition coefficient (Wildman–Crippen LogP) is 5.68. The second kappa shape index (κ2) is 8.94. The van der Waals surface area contributed by atoms with Crippen molar-refractivity contribution in [2.24, 2.45) is 0 Å². The summed E-state index contributed by atoms with van der Waals surface area (Å²) < 4.78 is 0. The Morgan fingerprint density at radius 2 is 1.77 bits per heavy atom. The van der Waals surface area contributed by atoms with Gasteiger partial charge in [-0.2, -0.15) is 0 Å². The van der Waals surface area contributed by atoms with E-state index in [0.717, 1.165) is 24.3 Å². The molecule has 0 fully saturated rings. The maximum absolute atomic E-state index is 12.4. The largest absolute Gasteiger partial charge is 0.378 e. The molecule has 31 heavy (non-hydrogen) atoms. The van der Waals surface area contributed by atoms with Gasteiger partial charge < -0.3 is 15.5 Å². The number of anilines is 2. The van der Waals surface area contributed by atoms with E-state index in [-0.39, 0.29) is 18.0 Å². The molecule has 2 atom stereocenters. The molecule has 2 N–H and O–H groups in total. The van der Waals surface area contributed by atoms with E-state index >= 15 is 0 Å². The molecule has 3 aromatic rings. The first-order valence-corrected chi connectivity index (χ1v) is 11.0. The average molecular weight is 414 g/mol. The van der Waals surface area contributed by atoms with Crippen LogP contribution in [0.5, 0.6) is 0 Å². The average Bonchev–Trinajstić information content (AvgIpc) is 2.75. The van der Waals surface area contributed by atoms with Gasteiger partial charge in [-0.25, -0.2) is 0 Å². The molecule has 0 aliphatic carbocycles. The highest BCUT2D eigenvalue weighted by molar-refractivity contribution is 5.94. The zero-order chi connectivity index (χ0) is 22.0. The molecule has 0 saturated heterocycles. The lowest BCUT2D eigenvalue weighted by Crippen LogP contribution is -2.43. The van der Waals surface area contributed by atoms with Crippen molar-refractivity contribution >= 4 is 17.3 Å². The zero-order valence-electron chi connectivity index (χ0n) is 18.8. The molecular weight excluding hydrogens is 382 g/mol. The van der Waals surface area contributed by atoms with Crippen LogP contribution in [0.2, 0.25) is 0 Å². The minimum atomic E-state index is 0.0897. The molecule has 0 aromatic heterocycles. The van der Waals surface area contributed by atoms with Gasteiger partial charge in [0.1, 0.15) is 0 Å². The SMILES string of the molecule is CNCc1ccc(N[C@@H]2C[C@H](C)N(C(C)=O)c3ccc(-c4cccc(C)c4)cc32)cc1. The molecule has 0 spiro atoms. The van der Waals surface area contributed by atoms with Crippen LogP contribution < -0.4 is 15.5 Å². The van der Waals surface area contributed by atoms with Gasteiger partial charge in [0.05, 0.1) is 6.04 Å². The Balaban J connectivity index is 1.72. The Morgan fingerprint density at radius 3 is 2.45 bits per heavy atom. The van der Waals surface area contributed by atoms with E-state index in [1.165, 1.54) is 27.8 Å². The van der Waals surface area contributed by atoms with Crippen LogP contribution in [0.1, 0.15) is 43.0 Å². The van der Waals surface area contributed by atoms with Crippen LogP contribution in [-0.4, -0.2) is 19.0 Å². The molecule has 0 saturated carbocycles. The fourth-order valence-corrected chi connectivity index (χ4v) is 4.61. The highest BCUT2D eigenvalue weighted by atomic mass is 16.2. The molecule has 4 rings (SSSR count). The third kappa shape index (κ3) is 4.49. The number of nitrogens with zero attached hydrogens (tertiary/aromatic N) is 1. The molecule has 1 aliphatic heterocycles. The molecule has 3 aromatic carbocycles. The Hall–Kier alpha value is -3.11. The van der Waals surface area contributed by atoms with Crippen LogP contribution in [0.25, 0.3) is 11.1 Å². The van der Waals surface area contributed by atoms with E-state index in [2.05, 4.69) is 91.2 Å². The standard InChI is InChI=1S/C27H31N3O/c1-18-6-5-7-22(14-18)23-10-13-27-25(16-23)26(15-19(2)30(27)20(3)31)29-24-11-8-21(9-12-24)17-28-4/h5-14,16,19,26,28-29H,15,17H2,1-4H3/t19-,26+/m0/s1. The topological polar surface area (TPSA) is 44.4 Å². The van der Waals surface area contributed by atoms with E-state index in [0.29, 0.717) is 0 Å². The second-order valence-electron chi connectivity index (χ2n) is 8.54. The summed E-state index contributed by atoms with van der Waals surface area (Å²) in [6, 6.07) is 23.9. The van der Waals surface area contributed by atoms with E-state index in [1.54, 1.807) is 6.92 Å². The lowest BCUT2D eigenvalue weighted by molar-refractivity contribution is -0.117. The number of carbonyl (C=O) groups excluding carboxylic acids is 1. The number of carbonyl (C=O) groups is 1. The summed E-state index contributed by atoms with van der Waals surface area (Å²) in [6.07, 6.45) is 0.863. The number of fused-ring (bicyclic) bond motifs is 1. The molecular formula is C27H31N3O. The quantitative estimate of drug-likeness (QED) is 0.566. The fourth-order valence-electron chi connectivity index (χ4n) is 4.61. The van der Waals surface area contributed by atoms with Gasteiger partial charge >= 0.3 is 0 Å². The van der Waals surface area contributed by atoms with Crippen molar-refractivity contribution in [2.45, 2.75) is 45.8 Å². The third-order valence-corrected chi connectivity index (χ3v) is 6.05. The second-order valence-corrected chi connectivity index (χ2v) is 8.54. The van der Waals surface area contributed by atoms with Gasteiger partial charge in [-0.1, -0.05) is 48.0 Å². The summed E-state index contributed by atoms with van der Waals surface area (Å²) >= 11 is 0. The van der Waals surface area contributed by atoms with Gasteiger partial charge in [-0.3, -0.25) is 4.79 Å². The van der Waals surface area contributed by atoms with Crippen LogP contribution >= 0.6 is 0 Å². The highest BCUT2D eigenvalue weighted by Crippen LogP contribution is 2.41. The normalized spacial score (nSPS) is 17.9. The molecule has 1 heterocycles. The van der Waals surface area contributed by atoms with Crippen LogP contribution in [0.15, 0.2) is 66.7 Å². The predicted molar refractivity (Wildman–Crippen MR) is 129 cm³/mol. The summed E-state index contributed by atoms with van der Waals surface area (Å²) in [5, 5.41) is 6.91. The van der Waals surface area contributed by atoms with Crippen LogP contribution in [0.4, 0.5) is 11.4 Å². The Morgan fingerprint density at radius 1 is 1.03 bits per heavy atom. The number of aryl methyl sites for hydroxylation is 1. The van der Waals surface area contributed by atoms with Crippen LogP contribution in [0, 0.1) is 6.92 Å². The number of benzene rings is 3. The number of amides is 1. The molecule has 0 bridgehead atoms. The first-order valence-electron chi connectivity index (χ1n) is 11.0. The Labute approximate surface area is 185 Å². The lowest BCUT2D eigenvalue weighted by Gasteiger charge is -2.39. The lowest BCUT2D eigenvalue weighted by atomic mass is 9.88. The minimum absolute atomic E-state index is 0.0897. The molecule has 4 heteroatoms. The smallest absolute Gasteiger partial charge is 0.224 e. The van der Waals surface area contributed by atoms with Crippen molar-refractivity contribution < 1.29 is 4.79 Å². The number of hydrogen-bond acceptors (Lipinski definition) is 3. The van der Waals surface area contributed by atoms with Gasteiger partial charge in [-0.15, -0.1) is 0 Å². The van der Waals surface area contributed by atoms with Gasteiger partial charge in [0.2, 0.25) is 5.91 Å². The first kappa shape index (κ1) is 21.1. The monoisotopic (exact) mass is 413 g/mol. The maximum Gasteiger partial charge on any atom is 0.224 e. The molecule has 1 aliphatic rings. The Bertz CT molecular complexity index is 1070. The van der Waals surface area contributed by atoms with Gasteiger partial charge in [0.25, 0.3) is 0 Å². The molecule has 1 amide bonds. The van der Waals surface area contributed by atoms with E-state index in [1.807, 2.05) is 11.9 Å². The van der Waals surface area contributed by atoms with Crippen molar-refractivity contribution in [2.75, 3.05) is 17.3 Å². The Kier molecular flexibility index (Phi) is 6.10. The van der Waals surface area contributed by atoms with E-state index < -0.39 is 0 Å². The summed E-state index contributed by atoms with van der Waals surface area (Å²) in [7, 11) is 1.96. The van der Waals surface area contributed by atoms with Crippen molar-refractivity contribution in [3.63, 3.8) is 0 Å². The van der Waals surface area contributed by atoms with Gasteiger partial charge in [0.15, 0.2) is 0 Å². The number of nitrogens with one attached hydrogen (secondary N) is 2. The summed E-state index contributed by atoms with van der Waals surface area (Å²) in [5.74, 6) is 0.0897.